The monoisotopic (exact) mass is 248 g/mol. The van der Waals surface area contributed by atoms with Crippen LogP contribution in [0.15, 0.2) is 0 Å². The van der Waals surface area contributed by atoms with E-state index in [-0.39, 0.29) is 5.41 Å². The van der Waals surface area contributed by atoms with Gasteiger partial charge in [-0.25, -0.2) is 0 Å². The lowest BCUT2D eigenvalue weighted by atomic mass is 9.84. The fourth-order valence-electron chi connectivity index (χ4n) is 3.97. The zero-order valence-corrected chi connectivity index (χ0v) is 12.2. The van der Waals surface area contributed by atoms with Crippen LogP contribution in [-0.4, -0.2) is 12.6 Å². The predicted octanol–water partition coefficient (Wildman–Crippen LogP) is 3.73. The summed E-state index contributed by atoms with van der Waals surface area (Å²) in [4.78, 5) is 0. The van der Waals surface area contributed by atoms with Crippen LogP contribution in [0.5, 0.6) is 0 Å². The summed E-state index contributed by atoms with van der Waals surface area (Å²) in [5, 5.41) is 12.7. The fourth-order valence-corrected chi connectivity index (χ4v) is 3.97. The van der Waals surface area contributed by atoms with Crippen LogP contribution in [-0.2, 0) is 0 Å². The Morgan fingerprint density at radius 3 is 2.67 bits per heavy atom. The van der Waals surface area contributed by atoms with E-state index in [1.54, 1.807) is 0 Å². The fraction of sp³-hybridized carbons (Fsp3) is 0.938. The summed E-state index contributed by atoms with van der Waals surface area (Å²) in [6, 6.07) is 3.05. The first-order valence-corrected chi connectivity index (χ1v) is 7.66. The van der Waals surface area contributed by atoms with Gasteiger partial charge >= 0.3 is 0 Å². The van der Waals surface area contributed by atoms with E-state index in [1.807, 2.05) is 13.8 Å². The Bertz CT molecular complexity index is 316. The molecule has 0 spiro atoms. The number of nitrogens with one attached hydrogen (secondary N) is 1. The van der Waals surface area contributed by atoms with Crippen LogP contribution in [0.1, 0.15) is 59.3 Å². The Morgan fingerprint density at radius 1 is 1.33 bits per heavy atom. The molecule has 102 valence electrons. The molecule has 2 nitrogen and oxygen atoms in total. The molecule has 0 aliphatic heterocycles. The second-order valence-corrected chi connectivity index (χ2v) is 7.18. The summed E-state index contributed by atoms with van der Waals surface area (Å²) in [6.45, 7) is 7.50. The average molecular weight is 248 g/mol. The molecule has 4 atom stereocenters. The van der Waals surface area contributed by atoms with Gasteiger partial charge in [0, 0.05) is 6.04 Å². The average Bonchev–Trinajstić information content (AvgIpc) is 2.96. The summed E-state index contributed by atoms with van der Waals surface area (Å²) in [7, 11) is 0. The van der Waals surface area contributed by atoms with Gasteiger partial charge in [-0.15, -0.1) is 0 Å². The maximum atomic E-state index is 8.98. The molecule has 2 aliphatic rings. The number of rotatable bonds is 6. The first-order valence-electron chi connectivity index (χ1n) is 7.66. The molecular formula is C16H28N2. The minimum Gasteiger partial charge on any atom is -0.314 e. The molecule has 0 heterocycles. The Balaban J connectivity index is 1.64. The number of nitriles is 1. The standard InChI is InChI=1S/C16H28N2/c1-12(15-10-13-5-6-14(15)9-13)18-8-4-7-16(2,3)11-17/h12-15,18H,4-10H2,1-3H3. The van der Waals surface area contributed by atoms with Gasteiger partial charge in [0.1, 0.15) is 0 Å². The summed E-state index contributed by atoms with van der Waals surface area (Å²) in [5.41, 5.74) is -0.155. The van der Waals surface area contributed by atoms with Crippen LogP contribution in [0.2, 0.25) is 0 Å². The van der Waals surface area contributed by atoms with Crippen molar-refractivity contribution in [3.63, 3.8) is 0 Å². The Labute approximate surface area is 112 Å². The van der Waals surface area contributed by atoms with Crippen LogP contribution in [0.4, 0.5) is 0 Å². The lowest BCUT2D eigenvalue weighted by molar-refractivity contribution is 0.258. The molecule has 0 saturated heterocycles. The predicted molar refractivity (Wildman–Crippen MR) is 75.0 cm³/mol. The maximum absolute atomic E-state index is 8.98. The molecule has 2 heteroatoms. The van der Waals surface area contributed by atoms with E-state index < -0.39 is 0 Å². The number of hydrogen-bond acceptors (Lipinski definition) is 2. The number of nitrogens with zero attached hydrogens (tertiary/aromatic N) is 1. The zero-order valence-electron chi connectivity index (χ0n) is 12.2. The number of fused-ring (bicyclic) bond motifs is 2. The van der Waals surface area contributed by atoms with E-state index >= 15 is 0 Å². The molecule has 0 aromatic heterocycles. The minimum atomic E-state index is -0.155. The third-order valence-corrected chi connectivity index (χ3v) is 5.18. The van der Waals surface area contributed by atoms with E-state index in [4.69, 9.17) is 5.26 Å². The zero-order chi connectivity index (χ0) is 13.2. The summed E-state index contributed by atoms with van der Waals surface area (Å²) >= 11 is 0. The molecule has 0 radical (unpaired) electrons. The van der Waals surface area contributed by atoms with E-state index in [0.717, 1.165) is 37.1 Å². The van der Waals surface area contributed by atoms with Crippen molar-refractivity contribution in [1.29, 1.82) is 5.26 Å². The van der Waals surface area contributed by atoms with Crippen molar-refractivity contribution in [2.24, 2.45) is 23.2 Å². The van der Waals surface area contributed by atoms with E-state index in [0.29, 0.717) is 6.04 Å². The van der Waals surface area contributed by atoms with Crippen LogP contribution >= 0.6 is 0 Å². The second-order valence-electron chi connectivity index (χ2n) is 7.18. The first-order chi connectivity index (χ1) is 8.52. The number of hydrogen-bond donors (Lipinski definition) is 1. The summed E-state index contributed by atoms with van der Waals surface area (Å²) in [6.07, 6.45) is 8.04. The van der Waals surface area contributed by atoms with E-state index in [9.17, 15) is 0 Å². The minimum absolute atomic E-state index is 0.155. The molecule has 2 aliphatic carbocycles. The normalized spacial score (nSPS) is 32.4. The maximum Gasteiger partial charge on any atom is 0.0683 e. The Kier molecular flexibility index (Phi) is 4.33. The quantitative estimate of drug-likeness (QED) is 0.727. The first kappa shape index (κ1) is 13.9. The lowest BCUT2D eigenvalue weighted by Crippen LogP contribution is -2.37. The van der Waals surface area contributed by atoms with Crippen molar-refractivity contribution in [2.45, 2.75) is 65.3 Å². The van der Waals surface area contributed by atoms with Gasteiger partial charge in [0.2, 0.25) is 0 Å². The van der Waals surface area contributed by atoms with Crippen LogP contribution < -0.4 is 5.32 Å². The van der Waals surface area contributed by atoms with Gasteiger partial charge in [-0.3, -0.25) is 0 Å². The van der Waals surface area contributed by atoms with E-state index in [1.165, 1.54) is 25.7 Å². The van der Waals surface area contributed by atoms with Crippen molar-refractivity contribution in [1.82, 2.24) is 5.32 Å². The SMILES string of the molecule is CC(NCCCC(C)(C)C#N)C1CC2CCC1C2. The van der Waals surface area contributed by atoms with E-state index in [2.05, 4.69) is 18.3 Å². The molecule has 0 amide bonds. The van der Waals surface area contributed by atoms with Crippen molar-refractivity contribution in [3.05, 3.63) is 0 Å². The molecular weight excluding hydrogens is 220 g/mol. The molecule has 18 heavy (non-hydrogen) atoms. The van der Waals surface area contributed by atoms with Gasteiger partial charge in [-0.1, -0.05) is 6.42 Å². The summed E-state index contributed by atoms with van der Waals surface area (Å²) in [5.74, 6) is 2.97. The third-order valence-electron chi connectivity index (χ3n) is 5.18. The highest BCUT2D eigenvalue weighted by atomic mass is 14.9. The van der Waals surface area contributed by atoms with Gasteiger partial charge in [-0.2, -0.15) is 5.26 Å². The van der Waals surface area contributed by atoms with Crippen LogP contribution in [0.3, 0.4) is 0 Å². The van der Waals surface area contributed by atoms with Gasteiger partial charge in [0.25, 0.3) is 0 Å². The third kappa shape index (κ3) is 3.26. The summed E-state index contributed by atoms with van der Waals surface area (Å²) < 4.78 is 0. The van der Waals surface area contributed by atoms with Crippen molar-refractivity contribution in [2.75, 3.05) is 6.54 Å². The highest BCUT2D eigenvalue weighted by molar-refractivity contribution is 4.94. The molecule has 4 unspecified atom stereocenters. The van der Waals surface area contributed by atoms with Gasteiger partial charge in [-0.05, 0) is 77.2 Å². The van der Waals surface area contributed by atoms with Crippen molar-refractivity contribution >= 4 is 0 Å². The Hall–Kier alpha value is -0.550. The highest BCUT2D eigenvalue weighted by Gasteiger charge is 2.41. The van der Waals surface area contributed by atoms with Crippen molar-refractivity contribution < 1.29 is 0 Å². The molecule has 1 N–H and O–H groups in total. The molecule has 0 aromatic rings. The van der Waals surface area contributed by atoms with Gasteiger partial charge in [0.15, 0.2) is 0 Å². The highest BCUT2D eigenvalue weighted by Crippen LogP contribution is 2.49. The van der Waals surface area contributed by atoms with Gasteiger partial charge < -0.3 is 5.32 Å². The van der Waals surface area contributed by atoms with Crippen LogP contribution in [0, 0.1) is 34.5 Å². The second kappa shape index (κ2) is 5.61. The van der Waals surface area contributed by atoms with Crippen LogP contribution in [0.25, 0.3) is 0 Å². The van der Waals surface area contributed by atoms with Crippen molar-refractivity contribution in [3.8, 4) is 6.07 Å². The topological polar surface area (TPSA) is 35.8 Å². The molecule has 0 aromatic carbocycles. The Morgan fingerprint density at radius 2 is 2.11 bits per heavy atom. The molecule has 2 rings (SSSR count). The molecule has 2 saturated carbocycles. The molecule has 2 fully saturated rings. The lowest BCUT2D eigenvalue weighted by Gasteiger charge is -2.29. The smallest absolute Gasteiger partial charge is 0.0683 e. The van der Waals surface area contributed by atoms with Gasteiger partial charge in [0.05, 0.1) is 11.5 Å². The molecule has 2 bridgehead atoms. The largest absolute Gasteiger partial charge is 0.314 e.